The van der Waals surface area contributed by atoms with Gasteiger partial charge in [0.1, 0.15) is 0 Å². The Morgan fingerprint density at radius 2 is 1.40 bits per heavy atom. The van der Waals surface area contributed by atoms with Crippen molar-refractivity contribution in [3.8, 4) is 0 Å². The number of hydrogen-bond donors (Lipinski definition) is 2. The molecule has 0 aromatic rings. The summed E-state index contributed by atoms with van der Waals surface area (Å²) in [4.78, 5) is 9.70. The van der Waals surface area contributed by atoms with Gasteiger partial charge in [0.25, 0.3) is 0 Å². The van der Waals surface area contributed by atoms with Crippen LogP contribution in [-0.4, -0.2) is 17.1 Å². The molecule has 3 N–H and O–H groups in total. The van der Waals surface area contributed by atoms with E-state index in [1.54, 1.807) is 13.8 Å². The summed E-state index contributed by atoms with van der Waals surface area (Å²) < 4.78 is 0. The van der Waals surface area contributed by atoms with E-state index < -0.39 is 5.97 Å². The van der Waals surface area contributed by atoms with Gasteiger partial charge in [-0.2, -0.15) is 0 Å². The average Bonchev–Trinajstić information content (AvgIpc) is 1.63. The van der Waals surface area contributed by atoms with Crippen molar-refractivity contribution in [1.29, 1.82) is 0 Å². The maximum atomic E-state index is 9.70. The number of rotatable bonds is 1. The second-order valence-corrected chi connectivity index (χ2v) is 2.74. The number of aliphatic carboxylic acids is 1. The summed E-state index contributed by atoms with van der Waals surface area (Å²) in [5.41, 5.74) is 5.11. The minimum absolute atomic E-state index is 0.231. The van der Waals surface area contributed by atoms with Gasteiger partial charge in [0.05, 0.1) is 5.92 Å². The van der Waals surface area contributed by atoms with E-state index in [0.29, 0.717) is 6.04 Å². The average molecular weight is 147 g/mol. The Labute approximate surface area is 62.2 Å². The summed E-state index contributed by atoms with van der Waals surface area (Å²) in [6, 6.07) is 0.333. The molecule has 0 spiro atoms. The highest BCUT2D eigenvalue weighted by molar-refractivity contribution is 5.68. The Balaban J connectivity index is 0. The predicted molar refractivity (Wildman–Crippen MR) is 41.8 cm³/mol. The standard InChI is InChI=1S/C4H8O2.C3H9N/c1-3(2)4(5)6;1-3(2)4/h3H,1-2H3,(H,5,6);3H,4H2,1-2H3. The third-order valence-electron chi connectivity index (χ3n) is 0.494. The van der Waals surface area contributed by atoms with Crippen LogP contribution in [0.25, 0.3) is 0 Å². The van der Waals surface area contributed by atoms with Gasteiger partial charge in [0.2, 0.25) is 0 Å². The van der Waals surface area contributed by atoms with Crippen LogP contribution in [0.3, 0.4) is 0 Å². The summed E-state index contributed by atoms with van der Waals surface area (Å²) in [5, 5.41) is 7.99. The fourth-order valence-corrected chi connectivity index (χ4v) is 0. The zero-order chi connectivity index (χ0) is 8.73. The number of carboxylic acids is 1. The Morgan fingerprint density at radius 3 is 1.40 bits per heavy atom. The molecule has 0 aromatic heterocycles. The van der Waals surface area contributed by atoms with E-state index >= 15 is 0 Å². The van der Waals surface area contributed by atoms with Crippen molar-refractivity contribution in [3.63, 3.8) is 0 Å². The molecule has 3 nitrogen and oxygen atoms in total. The fraction of sp³-hybridized carbons (Fsp3) is 0.857. The van der Waals surface area contributed by atoms with Crippen LogP contribution in [-0.2, 0) is 4.79 Å². The maximum Gasteiger partial charge on any atom is 0.305 e. The van der Waals surface area contributed by atoms with Crippen LogP contribution in [0.2, 0.25) is 0 Å². The summed E-state index contributed by atoms with van der Waals surface area (Å²) in [6.07, 6.45) is 0. The first-order valence-corrected chi connectivity index (χ1v) is 3.36. The molecule has 3 heteroatoms. The third-order valence-corrected chi connectivity index (χ3v) is 0.494. The van der Waals surface area contributed by atoms with Crippen molar-refractivity contribution in [2.45, 2.75) is 33.7 Å². The predicted octanol–water partition coefficient (Wildman–Crippen LogP) is 1.08. The Kier molecular flexibility index (Phi) is 7.95. The molecule has 0 fully saturated rings. The molecule has 0 bridgehead atoms. The lowest BCUT2D eigenvalue weighted by Gasteiger charge is -1.89. The molecule has 0 heterocycles. The fourth-order valence-electron chi connectivity index (χ4n) is 0. The molecular weight excluding hydrogens is 130 g/mol. The zero-order valence-electron chi connectivity index (χ0n) is 7.09. The van der Waals surface area contributed by atoms with Crippen LogP contribution < -0.4 is 5.73 Å². The van der Waals surface area contributed by atoms with Crippen molar-refractivity contribution in [1.82, 2.24) is 0 Å². The highest BCUT2D eigenvalue weighted by Crippen LogP contribution is 1.87. The Hall–Kier alpha value is -0.570. The van der Waals surface area contributed by atoms with Gasteiger partial charge in [0.15, 0.2) is 0 Å². The smallest absolute Gasteiger partial charge is 0.305 e. The summed E-state index contributed by atoms with van der Waals surface area (Å²) in [7, 11) is 0. The number of carboxylic acid groups (broad SMARTS) is 1. The molecule has 0 aliphatic carbocycles. The SMILES string of the molecule is CC(C)C(=O)O.CC(C)N. The van der Waals surface area contributed by atoms with E-state index in [1.807, 2.05) is 13.8 Å². The molecular formula is C7H17NO2. The third kappa shape index (κ3) is 26.1. The first kappa shape index (κ1) is 12.1. The van der Waals surface area contributed by atoms with Gasteiger partial charge in [-0.3, -0.25) is 4.79 Å². The molecule has 0 rings (SSSR count). The van der Waals surface area contributed by atoms with Crippen LogP contribution in [0, 0.1) is 5.92 Å². The van der Waals surface area contributed by atoms with Crippen molar-refractivity contribution in [3.05, 3.63) is 0 Å². The Morgan fingerprint density at radius 1 is 1.30 bits per heavy atom. The molecule has 0 radical (unpaired) electrons. The van der Waals surface area contributed by atoms with Crippen LogP contribution in [0.4, 0.5) is 0 Å². The highest BCUT2D eigenvalue weighted by Gasteiger charge is 1.99. The van der Waals surface area contributed by atoms with E-state index in [-0.39, 0.29) is 5.92 Å². The summed E-state index contributed by atoms with van der Waals surface area (Å²) in [5.74, 6) is -0.972. The molecule has 0 saturated carbocycles. The van der Waals surface area contributed by atoms with Crippen molar-refractivity contribution < 1.29 is 9.90 Å². The monoisotopic (exact) mass is 147 g/mol. The largest absolute Gasteiger partial charge is 0.481 e. The van der Waals surface area contributed by atoms with Gasteiger partial charge in [0, 0.05) is 0 Å². The lowest BCUT2D eigenvalue weighted by Crippen LogP contribution is -2.06. The van der Waals surface area contributed by atoms with Crippen molar-refractivity contribution >= 4 is 5.97 Å². The topological polar surface area (TPSA) is 63.3 Å². The molecule has 0 unspecified atom stereocenters. The lowest BCUT2D eigenvalue weighted by molar-refractivity contribution is -0.140. The summed E-state index contributed by atoms with van der Waals surface area (Å²) >= 11 is 0. The quantitative estimate of drug-likeness (QED) is 0.583. The molecule has 10 heavy (non-hydrogen) atoms. The second kappa shape index (κ2) is 6.55. The molecule has 0 amide bonds. The molecule has 0 aliphatic rings. The first-order valence-electron chi connectivity index (χ1n) is 3.36. The molecule has 0 aromatic carbocycles. The second-order valence-electron chi connectivity index (χ2n) is 2.74. The zero-order valence-corrected chi connectivity index (χ0v) is 7.09. The van der Waals surface area contributed by atoms with Gasteiger partial charge in [-0.15, -0.1) is 0 Å². The molecule has 0 aliphatic heterocycles. The van der Waals surface area contributed by atoms with Crippen LogP contribution in [0.15, 0.2) is 0 Å². The van der Waals surface area contributed by atoms with Gasteiger partial charge >= 0.3 is 5.97 Å². The minimum Gasteiger partial charge on any atom is -0.481 e. The van der Waals surface area contributed by atoms with Gasteiger partial charge < -0.3 is 10.8 Å². The van der Waals surface area contributed by atoms with Crippen LogP contribution >= 0.6 is 0 Å². The number of nitrogens with two attached hydrogens (primary N) is 1. The van der Waals surface area contributed by atoms with Crippen LogP contribution in [0.5, 0.6) is 0 Å². The van der Waals surface area contributed by atoms with E-state index in [2.05, 4.69) is 0 Å². The normalized spacial score (nSPS) is 9.10. The summed E-state index contributed by atoms with van der Waals surface area (Å²) in [6.45, 7) is 7.17. The van der Waals surface area contributed by atoms with Gasteiger partial charge in [-0.25, -0.2) is 0 Å². The van der Waals surface area contributed by atoms with Gasteiger partial charge in [-0.05, 0) is 6.04 Å². The van der Waals surface area contributed by atoms with E-state index in [9.17, 15) is 4.79 Å². The van der Waals surface area contributed by atoms with Crippen molar-refractivity contribution in [2.75, 3.05) is 0 Å². The number of carbonyl (C=O) groups is 1. The van der Waals surface area contributed by atoms with Crippen molar-refractivity contribution in [2.24, 2.45) is 11.7 Å². The first-order chi connectivity index (χ1) is 4.37. The molecule has 0 atom stereocenters. The lowest BCUT2D eigenvalue weighted by atomic mass is 10.2. The van der Waals surface area contributed by atoms with E-state index in [0.717, 1.165) is 0 Å². The van der Waals surface area contributed by atoms with Crippen LogP contribution in [0.1, 0.15) is 27.7 Å². The number of hydrogen-bond acceptors (Lipinski definition) is 2. The van der Waals surface area contributed by atoms with E-state index in [1.165, 1.54) is 0 Å². The van der Waals surface area contributed by atoms with Gasteiger partial charge in [-0.1, -0.05) is 27.7 Å². The Bertz CT molecular complexity index is 86.9. The minimum atomic E-state index is -0.741. The molecule has 62 valence electrons. The highest BCUT2D eigenvalue weighted by atomic mass is 16.4. The maximum absolute atomic E-state index is 9.70. The molecule has 0 saturated heterocycles. The van der Waals surface area contributed by atoms with E-state index in [4.69, 9.17) is 10.8 Å².